The zero-order chi connectivity index (χ0) is 15.2. The van der Waals surface area contributed by atoms with E-state index in [-0.39, 0.29) is 24.6 Å². The minimum Gasteiger partial charge on any atom is -0.484 e. The Kier molecular flexibility index (Phi) is 4.68. The van der Waals surface area contributed by atoms with Gasteiger partial charge in [0.2, 0.25) is 0 Å². The van der Waals surface area contributed by atoms with Crippen LogP contribution < -0.4 is 10.1 Å². The maximum Gasteiger partial charge on any atom is 0.310 e. The molecule has 1 aromatic heterocycles. The van der Waals surface area contributed by atoms with Gasteiger partial charge in [-0.05, 0) is 18.2 Å². The first-order chi connectivity index (χ1) is 10.1. The molecule has 1 heterocycles. The SMILES string of the molecule is N=c1ccn(CC(O)COc2ccccc2[N+](=O)[O-])cc1. The van der Waals surface area contributed by atoms with Gasteiger partial charge >= 0.3 is 5.69 Å². The molecule has 7 nitrogen and oxygen atoms in total. The van der Waals surface area contributed by atoms with Crippen LogP contribution in [0.3, 0.4) is 0 Å². The molecule has 0 fully saturated rings. The lowest BCUT2D eigenvalue weighted by Crippen LogP contribution is -2.24. The fraction of sp³-hybridized carbons (Fsp3) is 0.214. The number of benzene rings is 1. The molecule has 7 heteroatoms. The van der Waals surface area contributed by atoms with E-state index in [1.54, 1.807) is 41.2 Å². The summed E-state index contributed by atoms with van der Waals surface area (Å²) in [6, 6.07) is 9.25. The molecule has 0 spiro atoms. The van der Waals surface area contributed by atoms with Gasteiger partial charge in [0.15, 0.2) is 5.75 Å². The van der Waals surface area contributed by atoms with Crippen LogP contribution in [-0.4, -0.2) is 27.3 Å². The van der Waals surface area contributed by atoms with Crippen molar-refractivity contribution in [2.75, 3.05) is 6.61 Å². The molecule has 2 rings (SSSR count). The minimum atomic E-state index is -0.814. The van der Waals surface area contributed by atoms with Crippen LogP contribution in [0.5, 0.6) is 5.75 Å². The van der Waals surface area contributed by atoms with Crippen LogP contribution in [0.2, 0.25) is 0 Å². The topological polar surface area (TPSA) is 101 Å². The average molecular weight is 289 g/mol. The average Bonchev–Trinajstić information content (AvgIpc) is 2.48. The smallest absolute Gasteiger partial charge is 0.310 e. The largest absolute Gasteiger partial charge is 0.484 e. The first kappa shape index (κ1) is 14.7. The molecule has 0 saturated carbocycles. The van der Waals surface area contributed by atoms with Crippen molar-refractivity contribution in [3.05, 3.63) is 64.3 Å². The number of nitrogens with zero attached hydrogens (tertiary/aromatic N) is 2. The molecule has 0 aliphatic heterocycles. The molecule has 0 bridgehead atoms. The van der Waals surface area contributed by atoms with E-state index < -0.39 is 11.0 Å². The third kappa shape index (κ3) is 4.15. The van der Waals surface area contributed by atoms with Crippen molar-refractivity contribution < 1.29 is 14.8 Å². The quantitative estimate of drug-likeness (QED) is 0.618. The molecule has 0 aliphatic rings. The Morgan fingerprint density at radius 1 is 1.29 bits per heavy atom. The summed E-state index contributed by atoms with van der Waals surface area (Å²) < 4.78 is 7.03. The maximum atomic E-state index is 10.8. The Morgan fingerprint density at radius 2 is 1.95 bits per heavy atom. The zero-order valence-corrected chi connectivity index (χ0v) is 11.2. The molecule has 0 saturated heterocycles. The lowest BCUT2D eigenvalue weighted by Gasteiger charge is -2.14. The molecule has 0 radical (unpaired) electrons. The van der Waals surface area contributed by atoms with Crippen molar-refractivity contribution in [3.8, 4) is 5.75 Å². The van der Waals surface area contributed by atoms with Crippen LogP contribution >= 0.6 is 0 Å². The zero-order valence-electron chi connectivity index (χ0n) is 11.2. The minimum absolute atomic E-state index is 0.0551. The summed E-state index contributed by atoms with van der Waals surface area (Å²) in [6.07, 6.45) is 2.54. The third-order valence-electron chi connectivity index (χ3n) is 2.81. The molecule has 1 aromatic carbocycles. The van der Waals surface area contributed by atoms with E-state index in [9.17, 15) is 15.2 Å². The summed E-state index contributed by atoms with van der Waals surface area (Å²) in [5, 5.41) is 28.5. The first-order valence-corrected chi connectivity index (χ1v) is 6.31. The summed E-state index contributed by atoms with van der Waals surface area (Å²) >= 11 is 0. The Morgan fingerprint density at radius 3 is 2.62 bits per heavy atom. The van der Waals surface area contributed by atoms with Gasteiger partial charge in [-0.3, -0.25) is 10.1 Å². The summed E-state index contributed by atoms with van der Waals surface area (Å²) in [4.78, 5) is 10.3. The van der Waals surface area contributed by atoms with Gasteiger partial charge in [0, 0.05) is 18.5 Å². The van der Waals surface area contributed by atoms with Crippen molar-refractivity contribution in [2.24, 2.45) is 0 Å². The number of nitro groups is 1. The van der Waals surface area contributed by atoms with Gasteiger partial charge in [-0.1, -0.05) is 12.1 Å². The molecule has 0 aliphatic carbocycles. The van der Waals surface area contributed by atoms with Crippen LogP contribution in [-0.2, 0) is 6.54 Å². The number of ether oxygens (including phenoxy) is 1. The lowest BCUT2D eigenvalue weighted by atomic mass is 10.3. The van der Waals surface area contributed by atoms with E-state index in [0.717, 1.165) is 0 Å². The first-order valence-electron chi connectivity index (χ1n) is 6.31. The number of nitro benzene ring substituents is 1. The standard InChI is InChI=1S/C14H15N3O4/c15-11-5-7-16(8-6-11)9-12(18)10-21-14-4-2-1-3-13(14)17(19)20/h1-8,12,15,18H,9-10H2. The molecular weight excluding hydrogens is 274 g/mol. The number of aromatic nitrogens is 1. The predicted molar refractivity (Wildman–Crippen MR) is 74.9 cm³/mol. The van der Waals surface area contributed by atoms with Gasteiger partial charge in [-0.2, -0.15) is 0 Å². The van der Waals surface area contributed by atoms with Crippen molar-refractivity contribution in [1.82, 2.24) is 4.57 Å². The van der Waals surface area contributed by atoms with Crippen molar-refractivity contribution >= 4 is 5.69 Å². The molecule has 0 amide bonds. The fourth-order valence-electron chi connectivity index (χ4n) is 1.79. The van der Waals surface area contributed by atoms with Gasteiger partial charge in [0.05, 0.1) is 16.8 Å². The predicted octanol–water partition coefficient (Wildman–Crippen LogP) is 1.32. The summed E-state index contributed by atoms with van der Waals surface area (Å²) in [5.41, 5.74) is -0.129. The van der Waals surface area contributed by atoms with Gasteiger partial charge in [0.1, 0.15) is 12.7 Å². The van der Waals surface area contributed by atoms with Gasteiger partial charge in [-0.25, -0.2) is 0 Å². The number of aliphatic hydroxyl groups excluding tert-OH is 1. The summed E-state index contributed by atoms with van der Waals surface area (Å²) in [7, 11) is 0. The Balaban J connectivity index is 1.95. The Bertz CT molecular complexity index is 663. The van der Waals surface area contributed by atoms with E-state index in [1.165, 1.54) is 12.1 Å². The number of pyridine rings is 1. The highest BCUT2D eigenvalue weighted by Crippen LogP contribution is 2.25. The maximum absolute atomic E-state index is 10.8. The normalized spacial score (nSPS) is 11.9. The highest BCUT2D eigenvalue weighted by Gasteiger charge is 2.15. The summed E-state index contributed by atoms with van der Waals surface area (Å²) in [5.74, 6) is 0.132. The Hall–Kier alpha value is -2.67. The van der Waals surface area contributed by atoms with Gasteiger partial charge in [-0.15, -0.1) is 0 Å². The number of para-hydroxylation sites is 2. The van der Waals surface area contributed by atoms with Crippen LogP contribution in [0.15, 0.2) is 48.8 Å². The number of hydrogen-bond donors (Lipinski definition) is 2. The molecule has 110 valence electrons. The van der Waals surface area contributed by atoms with E-state index in [2.05, 4.69) is 0 Å². The molecule has 2 aromatic rings. The van der Waals surface area contributed by atoms with Crippen LogP contribution in [0, 0.1) is 15.5 Å². The van der Waals surface area contributed by atoms with E-state index in [4.69, 9.17) is 10.1 Å². The molecule has 1 unspecified atom stereocenters. The van der Waals surface area contributed by atoms with E-state index in [1.807, 2.05) is 0 Å². The van der Waals surface area contributed by atoms with Crippen LogP contribution in [0.1, 0.15) is 0 Å². The third-order valence-corrected chi connectivity index (χ3v) is 2.81. The summed E-state index contributed by atoms with van der Waals surface area (Å²) in [6.45, 7) is 0.224. The highest BCUT2D eigenvalue weighted by atomic mass is 16.6. The molecular formula is C14H15N3O4. The van der Waals surface area contributed by atoms with Crippen molar-refractivity contribution in [2.45, 2.75) is 12.6 Å². The van der Waals surface area contributed by atoms with Crippen molar-refractivity contribution in [3.63, 3.8) is 0 Å². The van der Waals surface area contributed by atoms with Gasteiger partial charge in [0.25, 0.3) is 0 Å². The van der Waals surface area contributed by atoms with Crippen LogP contribution in [0.25, 0.3) is 0 Å². The number of aliphatic hydroxyl groups is 1. The highest BCUT2D eigenvalue weighted by molar-refractivity contribution is 5.45. The molecule has 21 heavy (non-hydrogen) atoms. The van der Waals surface area contributed by atoms with E-state index >= 15 is 0 Å². The van der Waals surface area contributed by atoms with Gasteiger partial charge < -0.3 is 19.8 Å². The van der Waals surface area contributed by atoms with E-state index in [0.29, 0.717) is 5.36 Å². The number of hydrogen-bond acceptors (Lipinski definition) is 5. The number of rotatable bonds is 6. The Labute approximate surface area is 120 Å². The lowest BCUT2D eigenvalue weighted by molar-refractivity contribution is -0.385. The second-order valence-electron chi connectivity index (χ2n) is 4.47. The monoisotopic (exact) mass is 289 g/mol. The molecule has 2 N–H and O–H groups in total. The number of nitrogens with one attached hydrogen (secondary N) is 1. The van der Waals surface area contributed by atoms with Crippen molar-refractivity contribution in [1.29, 1.82) is 5.41 Å². The second-order valence-corrected chi connectivity index (χ2v) is 4.47. The second kappa shape index (κ2) is 6.67. The fourth-order valence-corrected chi connectivity index (χ4v) is 1.79. The molecule has 1 atom stereocenters. The van der Waals surface area contributed by atoms with Crippen LogP contribution in [0.4, 0.5) is 5.69 Å².